The molecule has 0 unspecified atom stereocenters. The molecule has 20 heavy (non-hydrogen) atoms. The van der Waals surface area contributed by atoms with Crippen molar-refractivity contribution in [3.63, 3.8) is 0 Å². The fraction of sp³-hybridized carbons (Fsp3) is 1.00. The highest BCUT2D eigenvalue weighted by atomic mass is 15.7. The van der Waals surface area contributed by atoms with E-state index in [-0.39, 0.29) is 0 Å². The Hall–Kier alpha value is -1.60. The molecule has 0 bridgehead atoms. The summed E-state index contributed by atoms with van der Waals surface area (Å²) in [5, 5.41) is 34.5. The Bertz CT molecular complexity index is 512. The molecule has 0 aromatic rings. The van der Waals surface area contributed by atoms with E-state index in [1.54, 1.807) is 0 Å². The van der Waals surface area contributed by atoms with Gasteiger partial charge in [0.05, 0.1) is 0 Å². The third kappa shape index (κ3) is 1.14. The van der Waals surface area contributed by atoms with Crippen molar-refractivity contribution in [3.05, 3.63) is 0 Å². The van der Waals surface area contributed by atoms with Gasteiger partial charge in [-0.2, -0.15) is 20.5 Å². The van der Waals surface area contributed by atoms with Gasteiger partial charge in [-0.1, -0.05) is 25.7 Å². The van der Waals surface area contributed by atoms with Gasteiger partial charge in [-0.3, -0.25) is 0 Å². The standard InChI is InChI=1S/C12H16N8/c1-2-4-6-8-10(15-16-10)12(19-20-12)11(17-18-11)9(13-14-9)7-5-3-1/h1-8H2. The SMILES string of the molecule is C1CCCCC2(N=N2)C2(N=N2)C2(N=N2)C2(CCC1)N=N2. The van der Waals surface area contributed by atoms with Gasteiger partial charge < -0.3 is 0 Å². The van der Waals surface area contributed by atoms with E-state index in [0.29, 0.717) is 0 Å². The van der Waals surface area contributed by atoms with Crippen LogP contribution in [0.5, 0.6) is 0 Å². The van der Waals surface area contributed by atoms with Crippen LogP contribution in [0.2, 0.25) is 0 Å². The maximum absolute atomic E-state index is 4.32. The van der Waals surface area contributed by atoms with E-state index in [2.05, 4.69) is 40.9 Å². The van der Waals surface area contributed by atoms with Gasteiger partial charge in [-0.25, -0.2) is 0 Å². The van der Waals surface area contributed by atoms with Gasteiger partial charge in [0, 0.05) is 12.8 Å². The summed E-state index contributed by atoms with van der Waals surface area (Å²) in [4.78, 5) is 0. The zero-order valence-corrected chi connectivity index (χ0v) is 11.2. The lowest BCUT2D eigenvalue weighted by atomic mass is 9.78. The molecule has 5 aliphatic rings. The van der Waals surface area contributed by atoms with Crippen LogP contribution in [-0.4, -0.2) is 22.7 Å². The fourth-order valence-corrected chi connectivity index (χ4v) is 3.66. The molecule has 1 fully saturated rings. The molecular formula is C12H16N8. The first-order valence-corrected chi connectivity index (χ1v) is 7.55. The van der Waals surface area contributed by atoms with Gasteiger partial charge >= 0.3 is 0 Å². The minimum atomic E-state index is -0.720. The van der Waals surface area contributed by atoms with Crippen LogP contribution in [0.15, 0.2) is 40.9 Å². The number of hydrogen-bond donors (Lipinski definition) is 0. The molecule has 8 heteroatoms. The van der Waals surface area contributed by atoms with Crippen molar-refractivity contribution in [1.82, 2.24) is 0 Å². The summed E-state index contributed by atoms with van der Waals surface area (Å²) in [6.45, 7) is 0. The van der Waals surface area contributed by atoms with Crippen molar-refractivity contribution < 1.29 is 0 Å². The van der Waals surface area contributed by atoms with Crippen LogP contribution in [0, 0.1) is 0 Å². The summed E-state index contributed by atoms with van der Waals surface area (Å²) in [7, 11) is 0. The molecule has 4 aliphatic heterocycles. The first-order chi connectivity index (χ1) is 9.79. The molecule has 5 rings (SSSR count). The van der Waals surface area contributed by atoms with Gasteiger partial charge in [0.2, 0.25) is 11.3 Å². The predicted octanol–water partition coefficient (Wildman–Crippen LogP) is 3.77. The summed E-state index contributed by atoms with van der Waals surface area (Å²) in [5.41, 5.74) is -2.47. The second-order valence-corrected chi connectivity index (χ2v) is 6.40. The highest BCUT2D eigenvalue weighted by molar-refractivity contribution is 5.38. The highest BCUT2D eigenvalue weighted by Crippen LogP contribution is 2.70. The van der Waals surface area contributed by atoms with Gasteiger partial charge in [0.15, 0.2) is 0 Å². The third-order valence-corrected chi connectivity index (χ3v) is 5.19. The van der Waals surface area contributed by atoms with Gasteiger partial charge in [0.1, 0.15) is 0 Å². The van der Waals surface area contributed by atoms with Crippen molar-refractivity contribution in [2.45, 2.75) is 74.0 Å². The zero-order valence-electron chi connectivity index (χ0n) is 11.2. The van der Waals surface area contributed by atoms with Gasteiger partial charge in [-0.15, -0.1) is 20.5 Å². The molecule has 104 valence electrons. The summed E-state index contributed by atoms with van der Waals surface area (Å²) >= 11 is 0. The lowest BCUT2D eigenvalue weighted by molar-refractivity contribution is 0.225. The summed E-state index contributed by atoms with van der Waals surface area (Å²) < 4.78 is 0. The van der Waals surface area contributed by atoms with E-state index < -0.39 is 22.7 Å². The quantitative estimate of drug-likeness (QED) is 0.641. The Morgan fingerprint density at radius 1 is 0.400 bits per heavy atom. The summed E-state index contributed by atoms with van der Waals surface area (Å²) in [6.07, 6.45) is 9.01. The topological polar surface area (TPSA) is 98.9 Å². The minimum Gasteiger partial charge on any atom is -0.154 e. The lowest BCUT2D eigenvalue weighted by Gasteiger charge is -2.27. The van der Waals surface area contributed by atoms with Crippen molar-refractivity contribution in [2.75, 3.05) is 0 Å². The molecule has 0 atom stereocenters. The number of nitrogens with zero attached hydrogens (tertiary/aromatic N) is 8. The van der Waals surface area contributed by atoms with Gasteiger partial charge in [0.25, 0.3) is 11.3 Å². The molecular weight excluding hydrogens is 256 g/mol. The van der Waals surface area contributed by atoms with Crippen molar-refractivity contribution in [3.8, 4) is 0 Å². The Labute approximate surface area is 116 Å². The summed E-state index contributed by atoms with van der Waals surface area (Å²) in [5.74, 6) is 0. The highest BCUT2D eigenvalue weighted by Gasteiger charge is 2.89. The van der Waals surface area contributed by atoms with E-state index in [9.17, 15) is 0 Å². The largest absolute Gasteiger partial charge is 0.291 e. The molecule has 0 radical (unpaired) electrons. The van der Waals surface area contributed by atoms with Crippen molar-refractivity contribution in [2.24, 2.45) is 40.9 Å². The Kier molecular flexibility index (Phi) is 1.76. The normalized spacial score (nSPS) is 35.2. The van der Waals surface area contributed by atoms with Crippen LogP contribution in [0.25, 0.3) is 0 Å². The molecule has 0 amide bonds. The molecule has 1 aliphatic carbocycles. The summed E-state index contributed by atoms with van der Waals surface area (Å²) in [6, 6.07) is 0. The number of hydrogen-bond acceptors (Lipinski definition) is 8. The average molecular weight is 272 g/mol. The molecule has 8 nitrogen and oxygen atoms in total. The van der Waals surface area contributed by atoms with Crippen LogP contribution in [-0.2, 0) is 0 Å². The molecule has 1 saturated carbocycles. The molecule has 0 N–H and O–H groups in total. The number of rotatable bonds is 0. The van der Waals surface area contributed by atoms with Crippen molar-refractivity contribution in [1.29, 1.82) is 0 Å². The van der Waals surface area contributed by atoms with Crippen LogP contribution in [0.4, 0.5) is 0 Å². The predicted molar refractivity (Wildman–Crippen MR) is 67.3 cm³/mol. The Balaban J connectivity index is 1.47. The van der Waals surface area contributed by atoms with Crippen molar-refractivity contribution >= 4 is 0 Å². The van der Waals surface area contributed by atoms with Crippen LogP contribution >= 0.6 is 0 Å². The Morgan fingerprint density at radius 2 is 0.750 bits per heavy atom. The van der Waals surface area contributed by atoms with E-state index in [4.69, 9.17) is 0 Å². The first-order valence-electron chi connectivity index (χ1n) is 7.55. The molecule has 4 heterocycles. The average Bonchev–Trinajstić information content (AvgIpc) is 3.30. The molecule has 0 aromatic heterocycles. The third-order valence-electron chi connectivity index (χ3n) is 5.19. The number of fused-ring (bicyclic) bond motifs is 3. The maximum atomic E-state index is 4.32. The van der Waals surface area contributed by atoms with Crippen LogP contribution < -0.4 is 0 Å². The molecule has 4 spiro atoms. The molecule has 0 aromatic carbocycles. The lowest BCUT2D eigenvalue weighted by Crippen LogP contribution is -2.55. The fourth-order valence-electron chi connectivity index (χ4n) is 3.66. The Morgan fingerprint density at radius 3 is 1.05 bits per heavy atom. The second-order valence-electron chi connectivity index (χ2n) is 6.40. The smallest absolute Gasteiger partial charge is 0.154 e. The minimum absolute atomic E-state index is 0.518. The first kappa shape index (κ1) is 11.1. The van der Waals surface area contributed by atoms with E-state index in [0.717, 1.165) is 25.7 Å². The second kappa shape index (κ2) is 3.17. The maximum Gasteiger partial charge on any atom is 0.291 e. The monoisotopic (exact) mass is 272 g/mol. The van der Waals surface area contributed by atoms with E-state index >= 15 is 0 Å². The van der Waals surface area contributed by atoms with E-state index in [1.165, 1.54) is 25.7 Å². The van der Waals surface area contributed by atoms with Gasteiger partial charge in [-0.05, 0) is 12.8 Å². The van der Waals surface area contributed by atoms with Crippen LogP contribution in [0.3, 0.4) is 0 Å². The van der Waals surface area contributed by atoms with E-state index in [1.807, 2.05) is 0 Å². The molecule has 0 saturated heterocycles. The van der Waals surface area contributed by atoms with Crippen LogP contribution in [0.1, 0.15) is 51.4 Å². The zero-order chi connectivity index (χ0) is 13.3.